The lowest BCUT2D eigenvalue weighted by atomic mass is 10.2. The van der Waals surface area contributed by atoms with Crippen molar-refractivity contribution < 1.29 is 8.42 Å². The zero-order valence-electron chi connectivity index (χ0n) is 11.8. The van der Waals surface area contributed by atoms with Gasteiger partial charge in [-0.25, -0.2) is 8.42 Å². The Labute approximate surface area is 133 Å². The highest BCUT2D eigenvalue weighted by Gasteiger charge is 2.33. The number of fused-ring (bicyclic) bond motifs is 1. The van der Waals surface area contributed by atoms with Crippen LogP contribution in [0.4, 0.5) is 0 Å². The largest absolute Gasteiger partial charge is 0.326 e. The van der Waals surface area contributed by atoms with Crippen LogP contribution in [-0.2, 0) is 16.6 Å². The van der Waals surface area contributed by atoms with Crippen molar-refractivity contribution in [3.63, 3.8) is 0 Å². The van der Waals surface area contributed by atoms with Crippen molar-refractivity contribution in [1.82, 2.24) is 4.31 Å². The summed E-state index contributed by atoms with van der Waals surface area (Å²) in [5.41, 5.74) is 5.79. The van der Waals surface area contributed by atoms with E-state index in [-0.39, 0.29) is 12.6 Å². The van der Waals surface area contributed by atoms with Crippen LogP contribution < -0.4 is 5.73 Å². The van der Waals surface area contributed by atoms with Gasteiger partial charge in [-0.05, 0) is 18.2 Å². The molecule has 1 fully saturated rings. The normalized spacial score (nSPS) is 19.7. The first-order chi connectivity index (χ1) is 10.1. The Kier molecular flexibility index (Phi) is 4.29. The molecule has 1 saturated heterocycles. The van der Waals surface area contributed by atoms with Crippen molar-refractivity contribution >= 4 is 43.2 Å². The molecule has 1 aromatic carbocycles. The fourth-order valence-corrected chi connectivity index (χ4v) is 7.17. The van der Waals surface area contributed by atoms with E-state index in [2.05, 4.69) is 0 Å². The van der Waals surface area contributed by atoms with Gasteiger partial charge in [-0.3, -0.25) is 0 Å². The Morgan fingerprint density at radius 1 is 1.38 bits per heavy atom. The molecule has 1 atom stereocenters. The van der Waals surface area contributed by atoms with Crippen LogP contribution in [-0.4, -0.2) is 37.3 Å². The molecule has 1 aromatic heterocycles. The number of thioether (sulfide) groups is 1. The Morgan fingerprint density at radius 2 is 2.14 bits per heavy atom. The van der Waals surface area contributed by atoms with Gasteiger partial charge in [0, 0.05) is 40.4 Å². The van der Waals surface area contributed by atoms with Crippen molar-refractivity contribution in [3.8, 4) is 0 Å². The second kappa shape index (κ2) is 5.89. The third-order valence-corrected chi connectivity index (χ3v) is 8.37. The highest BCUT2D eigenvalue weighted by molar-refractivity contribution is 7.99. The van der Waals surface area contributed by atoms with Gasteiger partial charge >= 0.3 is 0 Å². The SMILES string of the molecule is CN(C1CCSC1)S(=O)(=O)c1c(CN)sc2ccccc12. The molecular weight excluding hydrogens is 324 g/mol. The van der Waals surface area contributed by atoms with Gasteiger partial charge in [0.1, 0.15) is 4.90 Å². The van der Waals surface area contributed by atoms with E-state index < -0.39 is 10.0 Å². The molecule has 114 valence electrons. The van der Waals surface area contributed by atoms with Crippen molar-refractivity contribution in [2.24, 2.45) is 5.73 Å². The number of thiophene rings is 1. The molecule has 0 saturated carbocycles. The van der Waals surface area contributed by atoms with E-state index in [0.717, 1.165) is 32.9 Å². The van der Waals surface area contributed by atoms with E-state index in [9.17, 15) is 8.42 Å². The predicted molar refractivity (Wildman–Crippen MR) is 90.4 cm³/mol. The van der Waals surface area contributed by atoms with Gasteiger partial charge in [-0.15, -0.1) is 11.3 Å². The zero-order chi connectivity index (χ0) is 15.0. The van der Waals surface area contributed by atoms with E-state index in [1.54, 1.807) is 11.4 Å². The highest BCUT2D eigenvalue weighted by Crippen LogP contribution is 2.37. The molecule has 2 N–H and O–H groups in total. The second-order valence-electron chi connectivity index (χ2n) is 5.09. The molecule has 3 rings (SSSR count). The lowest BCUT2D eigenvalue weighted by Crippen LogP contribution is -2.37. The van der Waals surface area contributed by atoms with Crippen molar-refractivity contribution in [2.75, 3.05) is 18.6 Å². The lowest BCUT2D eigenvalue weighted by molar-refractivity contribution is 0.395. The van der Waals surface area contributed by atoms with Gasteiger partial charge in [-0.1, -0.05) is 18.2 Å². The first kappa shape index (κ1) is 15.3. The minimum absolute atomic E-state index is 0.0873. The summed E-state index contributed by atoms with van der Waals surface area (Å²) in [5.74, 6) is 1.90. The van der Waals surface area contributed by atoms with Crippen LogP contribution in [0.2, 0.25) is 0 Å². The first-order valence-corrected chi connectivity index (χ1v) is 10.2. The summed E-state index contributed by atoms with van der Waals surface area (Å²) in [6, 6.07) is 7.70. The number of nitrogens with two attached hydrogens (primary N) is 1. The summed E-state index contributed by atoms with van der Waals surface area (Å²) in [5, 5.41) is 0.792. The molecule has 7 heteroatoms. The third kappa shape index (κ3) is 2.61. The molecule has 1 aliphatic heterocycles. The molecule has 0 bridgehead atoms. The number of hydrogen-bond donors (Lipinski definition) is 1. The summed E-state index contributed by atoms with van der Waals surface area (Å²) in [4.78, 5) is 1.15. The molecule has 2 heterocycles. The smallest absolute Gasteiger partial charge is 0.244 e. The van der Waals surface area contributed by atoms with E-state index >= 15 is 0 Å². The average Bonchev–Trinajstić information content (AvgIpc) is 3.13. The second-order valence-corrected chi connectivity index (χ2v) is 9.31. The number of rotatable bonds is 4. The van der Waals surface area contributed by atoms with Crippen LogP contribution in [0.15, 0.2) is 29.2 Å². The van der Waals surface area contributed by atoms with Crippen molar-refractivity contribution in [1.29, 1.82) is 0 Å². The predicted octanol–water partition coefficient (Wildman–Crippen LogP) is 2.49. The molecular formula is C14H18N2O2S3. The number of sulfonamides is 1. The van der Waals surface area contributed by atoms with Crippen molar-refractivity contribution in [2.45, 2.75) is 23.9 Å². The molecule has 1 unspecified atom stereocenters. The van der Waals surface area contributed by atoms with E-state index in [1.807, 2.05) is 36.0 Å². The minimum atomic E-state index is -3.50. The minimum Gasteiger partial charge on any atom is -0.326 e. The number of nitrogens with zero attached hydrogens (tertiary/aromatic N) is 1. The van der Waals surface area contributed by atoms with Gasteiger partial charge in [0.25, 0.3) is 0 Å². The standard InChI is InChI=1S/C14H18N2O2S3/c1-16(10-6-7-19-9-10)21(17,18)14-11-4-2-3-5-12(11)20-13(14)8-15/h2-5,10H,6-9,15H2,1H3. The summed E-state index contributed by atoms with van der Waals surface area (Å²) in [6.45, 7) is 0.251. The molecule has 1 aliphatic rings. The van der Waals surface area contributed by atoms with Gasteiger partial charge in [0.2, 0.25) is 10.0 Å². The Hall–Kier alpha value is -0.600. The molecule has 0 amide bonds. The van der Waals surface area contributed by atoms with Crippen LogP contribution in [0, 0.1) is 0 Å². The van der Waals surface area contributed by atoms with Gasteiger partial charge in [0.05, 0.1) is 0 Å². The zero-order valence-corrected chi connectivity index (χ0v) is 14.2. The monoisotopic (exact) mass is 342 g/mol. The summed E-state index contributed by atoms with van der Waals surface area (Å²) in [6.07, 6.45) is 0.917. The van der Waals surface area contributed by atoms with Gasteiger partial charge < -0.3 is 5.73 Å². The van der Waals surface area contributed by atoms with Gasteiger partial charge in [-0.2, -0.15) is 16.1 Å². The maximum Gasteiger partial charge on any atom is 0.244 e. The van der Waals surface area contributed by atoms with E-state index in [4.69, 9.17) is 5.73 Å². The highest BCUT2D eigenvalue weighted by atomic mass is 32.2. The summed E-state index contributed by atoms with van der Waals surface area (Å²) < 4.78 is 28.6. The topological polar surface area (TPSA) is 63.4 Å². The van der Waals surface area contributed by atoms with E-state index in [1.165, 1.54) is 11.3 Å². The fourth-order valence-electron chi connectivity index (χ4n) is 2.64. The third-order valence-electron chi connectivity index (χ3n) is 3.86. The quantitative estimate of drug-likeness (QED) is 0.927. The molecule has 4 nitrogen and oxygen atoms in total. The summed E-state index contributed by atoms with van der Waals surface area (Å²) >= 11 is 3.28. The number of hydrogen-bond acceptors (Lipinski definition) is 5. The molecule has 0 spiro atoms. The maximum absolute atomic E-state index is 13.0. The van der Waals surface area contributed by atoms with Crippen LogP contribution in [0.25, 0.3) is 10.1 Å². The lowest BCUT2D eigenvalue weighted by Gasteiger charge is -2.23. The van der Waals surface area contributed by atoms with Crippen LogP contribution in [0.3, 0.4) is 0 Å². The van der Waals surface area contributed by atoms with Crippen LogP contribution >= 0.6 is 23.1 Å². The Balaban J connectivity index is 2.13. The van der Waals surface area contributed by atoms with E-state index in [0.29, 0.717) is 4.90 Å². The molecule has 2 aromatic rings. The average molecular weight is 343 g/mol. The Morgan fingerprint density at radius 3 is 2.81 bits per heavy atom. The fraction of sp³-hybridized carbons (Fsp3) is 0.429. The maximum atomic E-state index is 13.0. The molecule has 21 heavy (non-hydrogen) atoms. The summed E-state index contributed by atoms with van der Waals surface area (Å²) in [7, 11) is -1.80. The van der Waals surface area contributed by atoms with Crippen LogP contribution in [0.5, 0.6) is 0 Å². The first-order valence-electron chi connectivity index (χ1n) is 6.82. The number of benzene rings is 1. The van der Waals surface area contributed by atoms with Crippen molar-refractivity contribution in [3.05, 3.63) is 29.1 Å². The molecule has 0 aliphatic carbocycles. The van der Waals surface area contributed by atoms with Gasteiger partial charge in [0.15, 0.2) is 0 Å². The molecule has 0 radical (unpaired) electrons. The van der Waals surface area contributed by atoms with Crippen LogP contribution in [0.1, 0.15) is 11.3 Å². The Bertz CT molecular complexity index is 749.